The van der Waals surface area contributed by atoms with E-state index in [-0.39, 0.29) is 24.0 Å². The summed E-state index contributed by atoms with van der Waals surface area (Å²) >= 11 is 0. The van der Waals surface area contributed by atoms with Gasteiger partial charge in [-0.05, 0) is 114 Å². The molecule has 350 valence electrons. The molecule has 3 rings (SSSR count). The Balaban J connectivity index is 0.000000443. The molecule has 5 N–H and O–H groups in total. The van der Waals surface area contributed by atoms with Crippen molar-refractivity contribution in [3.8, 4) is 0 Å². The molecule has 0 unspecified atom stereocenters. The van der Waals surface area contributed by atoms with Crippen LogP contribution in [0, 0.1) is 23.3 Å². The van der Waals surface area contributed by atoms with Crippen LogP contribution in [0.2, 0.25) is 0 Å². The molecule has 3 aromatic rings. The third-order valence-corrected chi connectivity index (χ3v) is 9.00. The van der Waals surface area contributed by atoms with Crippen molar-refractivity contribution < 1.29 is 65.3 Å². The summed E-state index contributed by atoms with van der Waals surface area (Å²) in [4.78, 5) is 88.2. The molecule has 0 aliphatic carbocycles. The van der Waals surface area contributed by atoms with Crippen LogP contribution < -0.4 is 21.7 Å². The number of hydrogen-bond donors (Lipinski definition) is 4. The molecule has 0 radical (unpaired) electrons. The number of imide groups is 1. The average Bonchev–Trinajstić information content (AvgIpc) is 3.20. The lowest BCUT2D eigenvalue weighted by molar-refractivity contribution is -0.153. The first kappa shape index (κ1) is 53.8. The maximum atomic E-state index is 13.4. The van der Waals surface area contributed by atoms with Gasteiger partial charge in [0.15, 0.2) is 0 Å². The van der Waals surface area contributed by atoms with Crippen LogP contribution in [0.15, 0.2) is 66.7 Å². The Bertz CT molecular complexity index is 2030. The van der Waals surface area contributed by atoms with Crippen molar-refractivity contribution in [2.75, 3.05) is 20.8 Å². The Labute approximate surface area is 369 Å². The van der Waals surface area contributed by atoms with Crippen LogP contribution in [0.5, 0.6) is 0 Å². The predicted octanol–water partition coefficient (Wildman–Crippen LogP) is 4.75. The fourth-order valence-corrected chi connectivity index (χ4v) is 6.01. The number of nitrogens with zero attached hydrogens (tertiary/aromatic N) is 1. The Hall–Kier alpha value is -6.37. The van der Waals surface area contributed by atoms with Crippen LogP contribution in [0.1, 0.15) is 77.0 Å². The number of methoxy groups -OCH3 is 2. The van der Waals surface area contributed by atoms with E-state index in [1.165, 1.54) is 21.0 Å². The van der Waals surface area contributed by atoms with Gasteiger partial charge >= 0.3 is 18.0 Å². The maximum Gasteiger partial charge on any atom is 0.417 e. The molecular weight excluding hydrogens is 847 g/mol. The Morgan fingerprint density at radius 1 is 0.656 bits per heavy atom. The molecule has 0 aromatic heterocycles. The van der Waals surface area contributed by atoms with E-state index in [0.717, 1.165) is 36.9 Å². The third kappa shape index (κ3) is 19.3. The molecule has 0 aliphatic rings. The summed E-state index contributed by atoms with van der Waals surface area (Å²) in [6.07, 6.45) is 0.149. The van der Waals surface area contributed by atoms with Crippen LogP contribution in [-0.2, 0) is 62.2 Å². The number of nitrogens with two attached hydrogens (primary N) is 1. The minimum Gasteiger partial charge on any atom is -0.467 e. The van der Waals surface area contributed by atoms with Crippen molar-refractivity contribution >= 4 is 41.7 Å². The van der Waals surface area contributed by atoms with E-state index in [1.807, 2.05) is 30.3 Å². The standard InChI is InChI=1S/C23H33F2N3O6.C22H24F2N2O4/c1-14(27-19(29)12-15-10-16(24)13-17(25)11-15)20(30)28(22(32)34-23(2,3)4)18(21(31)33-5)8-6-7-9-26;1-14(25-20(27)12-16-10-17(23)13-18(24)11-16)21(28)26-19(22(29)30-2)9-8-15-6-4-3-5-7-15/h10-11,13-14,18H,6-9,12,26H2,1-5H3,(H,27,29);3-7,10-11,13-14,19H,8-9,12H2,1-2H3,(H,25,27)(H,26,28)/t14-,18-;14-,19-/m00/s1. The summed E-state index contributed by atoms with van der Waals surface area (Å²) in [5, 5.41) is 7.42. The molecule has 0 fully saturated rings. The molecular formula is C45H57F4N5O10. The van der Waals surface area contributed by atoms with Gasteiger partial charge in [-0.3, -0.25) is 19.2 Å². The van der Waals surface area contributed by atoms with E-state index in [4.69, 9.17) is 19.9 Å². The zero-order chi connectivity index (χ0) is 48.1. The molecule has 0 saturated carbocycles. The number of benzene rings is 3. The second-order valence-electron chi connectivity index (χ2n) is 15.6. The first-order valence-electron chi connectivity index (χ1n) is 20.3. The second kappa shape index (κ2) is 26.3. The molecule has 19 heteroatoms. The zero-order valence-corrected chi connectivity index (χ0v) is 36.9. The summed E-state index contributed by atoms with van der Waals surface area (Å²) < 4.78 is 68.1. The Morgan fingerprint density at radius 2 is 1.14 bits per heavy atom. The van der Waals surface area contributed by atoms with Crippen LogP contribution >= 0.6 is 0 Å². The van der Waals surface area contributed by atoms with Gasteiger partial charge in [0, 0.05) is 12.1 Å². The van der Waals surface area contributed by atoms with Gasteiger partial charge in [0.1, 0.15) is 53.0 Å². The third-order valence-electron chi connectivity index (χ3n) is 9.00. The Kier molecular flexibility index (Phi) is 22.1. The van der Waals surface area contributed by atoms with Gasteiger partial charge in [-0.1, -0.05) is 30.3 Å². The number of unbranched alkanes of at least 4 members (excludes halogenated alkanes) is 1. The van der Waals surface area contributed by atoms with E-state index in [0.29, 0.717) is 49.3 Å². The number of nitrogens with one attached hydrogen (secondary N) is 3. The van der Waals surface area contributed by atoms with Gasteiger partial charge in [-0.2, -0.15) is 0 Å². The number of carbonyl (C=O) groups is 7. The van der Waals surface area contributed by atoms with E-state index < -0.39 is 101 Å². The minimum atomic E-state index is -1.30. The molecule has 0 bridgehead atoms. The van der Waals surface area contributed by atoms with Crippen LogP contribution in [0.3, 0.4) is 0 Å². The van der Waals surface area contributed by atoms with Gasteiger partial charge in [0.25, 0.3) is 5.91 Å². The highest BCUT2D eigenvalue weighted by Crippen LogP contribution is 2.19. The number of rotatable bonds is 19. The lowest BCUT2D eigenvalue weighted by Gasteiger charge is -2.32. The van der Waals surface area contributed by atoms with Gasteiger partial charge in [0.05, 0.1) is 27.1 Å². The number of ether oxygens (including phenoxy) is 3. The van der Waals surface area contributed by atoms with Gasteiger partial charge < -0.3 is 35.9 Å². The molecule has 0 saturated heterocycles. The fourth-order valence-electron chi connectivity index (χ4n) is 6.01. The van der Waals surface area contributed by atoms with E-state index >= 15 is 0 Å². The highest BCUT2D eigenvalue weighted by Gasteiger charge is 2.40. The van der Waals surface area contributed by atoms with Crippen molar-refractivity contribution in [3.05, 3.63) is 107 Å². The average molecular weight is 904 g/mol. The monoisotopic (exact) mass is 903 g/mol. The first-order chi connectivity index (χ1) is 30.1. The number of carbonyl (C=O) groups excluding carboxylic acids is 7. The highest BCUT2D eigenvalue weighted by atomic mass is 19.1. The van der Waals surface area contributed by atoms with E-state index in [1.54, 1.807) is 20.8 Å². The first-order valence-corrected chi connectivity index (χ1v) is 20.3. The highest BCUT2D eigenvalue weighted by molar-refractivity contribution is 6.00. The van der Waals surface area contributed by atoms with Crippen molar-refractivity contribution in [1.82, 2.24) is 20.9 Å². The van der Waals surface area contributed by atoms with Gasteiger partial charge in [0.2, 0.25) is 17.7 Å². The molecule has 0 heterocycles. The topological polar surface area (TPSA) is 213 Å². The van der Waals surface area contributed by atoms with Crippen molar-refractivity contribution in [2.45, 2.75) is 109 Å². The molecule has 0 spiro atoms. The summed E-state index contributed by atoms with van der Waals surface area (Å²) in [5.41, 5.74) is 5.75. The number of aryl methyl sites for hydroxylation is 1. The SMILES string of the molecule is COC(=O)[C@H](CCCCN)N(C(=O)OC(C)(C)C)C(=O)[C@H](C)NC(=O)Cc1cc(F)cc(F)c1.COC(=O)[C@H](CCc1ccccc1)NC(=O)[C@H](C)NC(=O)Cc1cc(F)cc(F)c1. The van der Waals surface area contributed by atoms with Crippen LogP contribution in [0.4, 0.5) is 22.4 Å². The van der Waals surface area contributed by atoms with Gasteiger partial charge in [-0.15, -0.1) is 0 Å². The smallest absolute Gasteiger partial charge is 0.417 e. The molecule has 0 aliphatic heterocycles. The van der Waals surface area contributed by atoms with E-state index in [2.05, 4.69) is 16.0 Å². The number of hydrogen-bond acceptors (Lipinski definition) is 11. The van der Waals surface area contributed by atoms with Crippen LogP contribution in [0.25, 0.3) is 0 Å². The molecule has 64 heavy (non-hydrogen) atoms. The quantitative estimate of drug-likeness (QED) is 0.0558. The molecule has 5 amide bonds. The van der Waals surface area contributed by atoms with Crippen molar-refractivity contribution in [3.63, 3.8) is 0 Å². The van der Waals surface area contributed by atoms with Gasteiger partial charge in [-0.25, -0.2) is 36.8 Å². The second-order valence-corrected chi connectivity index (χ2v) is 15.6. The fraction of sp³-hybridized carbons (Fsp3) is 0.444. The summed E-state index contributed by atoms with van der Waals surface area (Å²) in [6.45, 7) is 7.90. The zero-order valence-electron chi connectivity index (χ0n) is 36.9. The number of esters is 2. The molecule has 15 nitrogen and oxygen atoms in total. The Morgan fingerprint density at radius 3 is 1.59 bits per heavy atom. The minimum absolute atomic E-state index is 0.0628. The normalized spacial score (nSPS) is 12.8. The van der Waals surface area contributed by atoms with Crippen molar-refractivity contribution in [2.24, 2.45) is 5.73 Å². The summed E-state index contributed by atoms with van der Waals surface area (Å²) in [7, 11) is 2.35. The lowest BCUT2D eigenvalue weighted by atomic mass is 10.0. The number of amides is 5. The van der Waals surface area contributed by atoms with E-state index in [9.17, 15) is 51.1 Å². The predicted molar refractivity (Wildman–Crippen MR) is 226 cm³/mol. The largest absolute Gasteiger partial charge is 0.467 e. The van der Waals surface area contributed by atoms with Crippen molar-refractivity contribution in [1.29, 1.82) is 0 Å². The molecule has 4 atom stereocenters. The number of halogens is 4. The summed E-state index contributed by atoms with van der Waals surface area (Å²) in [5.74, 6) is -7.46. The summed E-state index contributed by atoms with van der Waals surface area (Å²) in [6, 6.07) is 10.5. The molecule has 3 aromatic carbocycles. The lowest BCUT2D eigenvalue weighted by Crippen LogP contribution is -2.56. The van der Waals surface area contributed by atoms with Crippen LogP contribution in [-0.4, -0.2) is 97.1 Å². The maximum absolute atomic E-state index is 13.4.